The molecule has 0 spiro atoms. The van der Waals surface area contributed by atoms with Gasteiger partial charge in [-0.25, -0.2) is 4.39 Å². The lowest BCUT2D eigenvalue weighted by Crippen LogP contribution is -2.34. The smallest absolute Gasteiger partial charge is 0.263 e. The molecule has 1 amide bonds. The number of nitriles is 1. The Morgan fingerprint density at radius 3 is 2.64 bits per heavy atom. The minimum absolute atomic E-state index is 0.0889. The van der Waals surface area contributed by atoms with E-state index in [1.165, 1.54) is 18.3 Å². The third-order valence-corrected chi connectivity index (χ3v) is 3.77. The van der Waals surface area contributed by atoms with Gasteiger partial charge in [-0.1, -0.05) is 25.0 Å². The number of amides is 1. The monoisotopic (exact) mass is 301 g/mol. The molecular weight excluding hydrogens is 281 g/mol. The summed E-state index contributed by atoms with van der Waals surface area (Å²) in [5.74, 6) is -0.573. The van der Waals surface area contributed by atoms with Crippen LogP contribution in [0.15, 0.2) is 36.0 Å². The van der Waals surface area contributed by atoms with Crippen LogP contribution in [-0.2, 0) is 11.2 Å². The average molecular weight is 301 g/mol. The molecule has 1 saturated carbocycles. The second-order valence-corrected chi connectivity index (χ2v) is 5.46. The van der Waals surface area contributed by atoms with Gasteiger partial charge in [0.2, 0.25) is 0 Å². The van der Waals surface area contributed by atoms with Gasteiger partial charge in [0.05, 0.1) is 0 Å². The summed E-state index contributed by atoms with van der Waals surface area (Å²) in [6.07, 6.45) is 6.39. The van der Waals surface area contributed by atoms with Crippen molar-refractivity contribution >= 4 is 5.91 Å². The molecule has 0 aromatic heterocycles. The zero-order valence-corrected chi connectivity index (χ0v) is 12.4. The number of carbonyl (C=O) groups excluding carboxylic acids is 1. The highest BCUT2D eigenvalue weighted by Crippen LogP contribution is 2.17. The second kappa shape index (κ2) is 8.18. The van der Waals surface area contributed by atoms with Gasteiger partial charge < -0.3 is 10.6 Å². The molecule has 2 rings (SSSR count). The SMILES string of the molecule is N#C/C(=C/NCCc1ccc(F)cc1)C(=O)NC1CCCC1. The quantitative estimate of drug-likeness (QED) is 0.482. The predicted octanol–water partition coefficient (Wildman–Crippen LogP) is 2.42. The van der Waals surface area contributed by atoms with Crippen LogP contribution in [0.5, 0.6) is 0 Å². The first-order valence-corrected chi connectivity index (χ1v) is 7.58. The Kier molecular flexibility index (Phi) is 5.96. The molecule has 0 heterocycles. The van der Waals surface area contributed by atoms with E-state index in [4.69, 9.17) is 5.26 Å². The Morgan fingerprint density at radius 1 is 1.32 bits per heavy atom. The summed E-state index contributed by atoms with van der Waals surface area (Å²) in [5.41, 5.74) is 1.09. The molecule has 0 unspecified atom stereocenters. The number of benzene rings is 1. The molecule has 1 aliphatic rings. The standard InChI is InChI=1S/C17H20FN3O/c18-15-7-5-13(6-8-15)9-10-20-12-14(11-19)17(22)21-16-3-1-2-4-16/h5-8,12,16,20H,1-4,9-10H2,(H,21,22)/b14-12-. The number of nitrogens with one attached hydrogen (secondary N) is 2. The maximum absolute atomic E-state index is 12.8. The van der Waals surface area contributed by atoms with Crippen molar-refractivity contribution in [2.75, 3.05) is 6.54 Å². The number of hydrogen-bond donors (Lipinski definition) is 2. The lowest BCUT2D eigenvalue weighted by Gasteiger charge is -2.11. The Balaban J connectivity index is 1.77. The van der Waals surface area contributed by atoms with Crippen LogP contribution in [0.2, 0.25) is 0 Å². The second-order valence-electron chi connectivity index (χ2n) is 5.46. The topological polar surface area (TPSA) is 64.9 Å². The zero-order valence-electron chi connectivity index (χ0n) is 12.4. The van der Waals surface area contributed by atoms with Gasteiger partial charge in [-0.3, -0.25) is 4.79 Å². The normalized spacial score (nSPS) is 15.4. The fraction of sp³-hybridized carbons (Fsp3) is 0.412. The molecule has 1 fully saturated rings. The molecule has 0 saturated heterocycles. The van der Waals surface area contributed by atoms with E-state index in [9.17, 15) is 9.18 Å². The number of hydrogen-bond acceptors (Lipinski definition) is 3. The summed E-state index contributed by atoms with van der Waals surface area (Å²) in [6.45, 7) is 0.577. The molecule has 0 bridgehead atoms. The summed E-state index contributed by atoms with van der Waals surface area (Å²) >= 11 is 0. The molecule has 0 atom stereocenters. The lowest BCUT2D eigenvalue weighted by molar-refractivity contribution is -0.117. The van der Waals surface area contributed by atoms with Crippen molar-refractivity contribution in [2.45, 2.75) is 38.1 Å². The van der Waals surface area contributed by atoms with Crippen LogP contribution in [0, 0.1) is 17.1 Å². The van der Waals surface area contributed by atoms with E-state index < -0.39 is 0 Å². The van der Waals surface area contributed by atoms with Crippen LogP contribution in [0.3, 0.4) is 0 Å². The van der Waals surface area contributed by atoms with E-state index in [-0.39, 0.29) is 23.3 Å². The van der Waals surface area contributed by atoms with Gasteiger partial charge in [-0.2, -0.15) is 5.26 Å². The molecule has 116 valence electrons. The third-order valence-electron chi connectivity index (χ3n) is 3.77. The number of rotatable bonds is 6. The minimum atomic E-state index is -0.316. The van der Waals surface area contributed by atoms with Crippen LogP contribution in [0.4, 0.5) is 4.39 Å². The largest absolute Gasteiger partial charge is 0.389 e. The average Bonchev–Trinajstić information content (AvgIpc) is 3.02. The molecule has 1 aromatic rings. The van der Waals surface area contributed by atoms with Crippen molar-refractivity contribution in [1.29, 1.82) is 5.26 Å². The summed E-state index contributed by atoms with van der Waals surface area (Å²) in [7, 11) is 0. The summed E-state index contributed by atoms with van der Waals surface area (Å²) < 4.78 is 12.8. The summed E-state index contributed by atoms with van der Waals surface area (Å²) in [4.78, 5) is 11.9. The van der Waals surface area contributed by atoms with Crippen molar-refractivity contribution in [3.63, 3.8) is 0 Å². The van der Waals surface area contributed by atoms with Crippen molar-refractivity contribution in [3.05, 3.63) is 47.4 Å². The van der Waals surface area contributed by atoms with Crippen molar-refractivity contribution < 1.29 is 9.18 Å². The Morgan fingerprint density at radius 2 is 2.00 bits per heavy atom. The van der Waals surface area contributed by atoms with Crippen molar-refractivity contribution in [1.82, 2.24) is 10.6 Å². The highest BCUT2D eigenvalue weighted by molar-refractivity contribution is 5.97. The Hall–Kier alpha value is -2.35. The van der Waals surface area contributed by atoms with E-state index >= 15 is 0 Å². The first-order chi connectivity index (χ1) is 10.7. The van der Waals surface area contributed by atoms with Crippen LogP contribution in [0.25, 0.3) is 0 Å². The molecule has 0 radical (unpaired) electrons. The van der Waals surface area contributed by atoms with E-state index in [0.29, 0.717) is 13.0 Å². The molecular formula is C17H20FN3O. The van der Waals surface area contributed by atoms with Gasteiger partial charge in [0.25, 0.3) is 5.91 Å². The zero-order chi connectivity index (χ0) is 15.8. The molecule has 22 heavy (non-hydrogen) atoms. The summed E-state index contributed by atoms with van der Waals surface area (Å²) in [6, 6.07) is 8.39. The van der Waals surface area contributed by atoms with Gasteiger partial charge in [-0.05, 0) is 37.0 Å². The molecule has 1 aliphatic carbocycles. The number of halogens is 1. The van der Waals surface area contributed by atoms with Crippen molar-refractivity contribution in [2.24, 2.45) is 0 Å². The maximum atomic E-state index is 12.8. The maximum Gasteiger partial charge on any atom is 0.263 e. The first-order valence-electron chi connectivity index (χ1n) is 7.58. The van der Waals surface area contributed by atoms with E-state index in [1.54, 1.807) is 12.1 Å². The van der Waals surface area contributed by atoms with Gasteiger partial charge in [0.15, 0.2) is 0 Å². The highest BCUT2D eigenvalue weighted by Gasteiger charge is 2.19. The van der Waals surface area contributed by atoms with Crippen molar-refractivity contribution in [3.8, 4) is 6.07 Å². The molecule has 5 heteroatoms. The predicted molar refractivity (Wildman–Crippen MR) is 82.2 cm³/mol. The fourth-order valence-electron chi connectivity index (χ4n) is 2.52. The minimum Gasteiger partial charge on any atom is -0.389 e. The van der Waals surface area contributed by atoms with Crippen LogP contribution in [0.1, 0.15) is 31.2 Å². The first kappa shape index (κ1) is 16.0. The lowest BCUT2D eigenvalue weighted by atomic mass is 10.1. The van der Waals surface area contributed by atoms with Gasteiger partial charge >= 0.3 is 0 Å². The fourth-order valence-corrected chi connectivity index (χ4v) is 2.52. The van der Waals surface area contributed by atoms with E-state index in [2.05, 4.69) is 10.6 Å². The number of nitrogens with zero attached hydrogens (tertiary/aromatic N) is 1. The molecule has 1 aromatic carbocycles. The van der Waals surface area contributed by atoms with Gasteiger partial charge in [-0.15, -0.1) is 0 Å². The third kappa shape index (κ3) is 4.88. The van der Waals surface area contributed by atoms with Crippen LogP contribution in [-0.4, -0.2) is 18.5 Å². The molecule has 0 aliphatic heterocycles. The molecule has 4 nitrogen and oxygen atoms in total. The van der Waals surface area contributed by atoms with Crippen LogP contribution >= 0.6 is 0 Å². The summed E-state index contributed by atoms with van der Waals surface area (Å²) in [5, 5.41) is 14.9. The van der Waals surface area contributed by atoms with E-state index in [1.807, 2.05) is 6.07 Å². The Labute approximate surface area is 130 Å². The highest BCUT2D eigenvalue weighted by atomic mass is 19.1. The van der Waals surface area contributed by atoms with E-state index in [0.717, 1.165) is 31.2 Å². The Bertz CT molecular complexity index is 569. The van der Waals surface area contributed by atoms with Gasteiger partial charge in [0, 0.05) is 18.8 Å². The number of carbonyl (C=O) groups is 1. The van der Waals surface area contributed by atoms with Crippen LogP contribution < -0.4 is 10.6 Å². The van der Waals surface area contributed by atoms with Gasteiger partial charge in [0.1, 0.15) is 17.5 Å². The molecule has 2 N–H and O–H groups in total.